The van der Waals surface area contributed by atoms with E-state index < -0.39 is 0 Å². The molecule has 0 aliphatic rings. The monoisotopic (exact) mass is 426 g/mol. The molecule has 0 radical (unpaired) electrons. The molecule has 3 amide bonds. The number of anilines is 3. The van der Waals surface area contributed by atoms with Crippen molar-refractivity contribution in [3.8, 4) is 0 Å². The van der Waals surface area contributed by atoms with E-state index in [1.807, 2.05) is 57.1 Å². The number of benzene rings is 2. The van der Waals surface area contributed by atoms with Gasteiger partial charge >= 0.3 is 6.03 Å². The van der Waals surface area contributed by atoms with E-state index in [1.165, 1.54) is 10.5 Å². The van der Waals surface area contributed by atoms with Crippen LogP contribution in [0.15, 0.2) is 36.4 Å². The molecule has 0 aromatic heterocycles. The summed E-state index contributed by atoms with van der Waals surface area (Å²) >= 11 is 0. The van der Waals surface area contributed by atoms with Gasteiger partial charge in [-0.05, 0) is 69.2 Å². The standard InChI is InChI=1S/C24H35N5O2/c1-7-29(8-2)14-13-25-23(30)21-16-20(11-12-22(21)28(5)6)27-24(31)26-19-10-9-17(3)18(4)15-19/h9-12,15-16H,7-8,13-14H2,1-6H3,(H,25,30)(H2,26,27,31)/p+1. The number of hydrogen-bond acceptors (Lipinski definition) is 3. The van der Waals surface area contributed by atoms with E-state index in [2.05, 4.69) is 29.8 Å². The van der Waals surface area contributed by atoms with Gasteiger partial charge in [0, 0.05) is 31.2 Å². The molecule has 31 heavy (non-hydrogen) atoms. The molecule has 0 saturated carbocycles. The number of nitrogens with one attached hydrogen (secondary N) is 4. The highest BCUT2D eigenvalue weighted by Gasteiger charge is 2.15. The molecule has 0 heterocycles. The second kappa shape index (κ2) is 11.4. The molecule has 168 valence electrons. The lowest BCUT2D eigenvalue weighted by molar-refractivity contribution is -0.895. The first kappa shape index (κ1) is 24.2. The van der Waals surface area contributed by atoms with Gasteiger partial charge in [-0.3, -0.25) is 4.79 Å². The molecule has 2 rings (SSSR count). The summed E-state index contributed by atoms with van der Waals surface area (Å²) in [5.41, 5.74) is 4.90. The largest absolute Gasteiger partial charge is 0.377 e. The fourth-order valence-corrected chi connectivity index (χ4v) is 3.35. The molecular formula is C24H36N5O2+. The SMILES string of the molecule is CC[NH+](CC)CCNC(=O)c1cc(NC(=O)Nc2ccc(C)c(C)c2)ccc1N(C)C. The van der Waals surface area contributed by atoms with Gasteiger partial charge in [0.2, 0.25) is 0 Å². The third kappa shape index (κ3) is 7.00. The summed E-state index contributed by atoms with van der Waals surface area (Å²) in [5, 5.41) is 8.68. The number of urea groups is 1. The van der Waals surface area contributed by atoms with Gasteiger partial charge < -0.3 is 25.8 Å². The zero-order valence-corrected chi connectivity index (χ0v) is 19.6. The Morgan fingerprint density at radius 2 is 1.52 bits per heavy atom. The van der Waals surface area contributed by atoms with E-state index in [4.69, 9.17) is 0 Å². The molecule has 0 saturated heterocycles. The van der Waals surface area contributed by atoms with Crippen molar-refractivity contribution in [3.63, 3.8) is 0 Å². The van der Waals surface area contributed by atoms with Crippen LogP contribution in [-0.2, 0) is 0 Å². The molecule has 0 unspecified atom stereocenters. The highest BCUT2D eigenvalue weighted by atomic mass is 16.2. The van der Waals surface area contributed by atoms with E-state index in [0.717, 1.165) is 36.6 Å². The molecule has 7 nitrogen and oxygen atoms in total. The van der Waals surface area contributed by atoms with Crippen molar-refractivity contribution >= 4 is 29.0 Å². The summed E-state index contributed by atoms with van der Waals surface area (Å²) in [6.45, 7) is 11.9. The third-order valence-electron chi connectivity index (χ3n) is 5.51. The van der Waals surface area contributed by atoms with Gasteiger partial charge in [-0.15, -0.1) is 0 Å². The summed E-state index contributed by atoms with van der Waals surface area (Å²) in [6, 6.07) is 10.8. The first-order valence-electron chi connectivity index (χ1n) is 10.8. The number of carbonyl (C=O) groups is 2. The zero-order chi connectivity index (χ0) is 23.0. The molecule has 2 aromatic carbocycles. The summed E-state index contributed by atoms with van der Waals surface area (Å²) in [6.07, 6.45) is 0. The van der Waals surface area contributed by atoms with Crippen molar-refractivity contribution in [1.29, 1.82) is 0 Å². The van der Waals surface area contributed by atoms with Gasteiger partial charge in [0.25, 0.3) is 5.91 Å². The predicted octanol–water partition coefficient (Wildman–Crippen LogP) is 2.67. The number of quaternary nitrogens is 1. The molecule has 0 fully saturated rings. The smallest absolute Gasteiger partial charge is 0.323 e. The molecule has 0 aliphatic carbocycles. The van der Waals surface area contributed by atoms with Gasteiger partial charge in [0.1, 0.15) is 0 Å². The number of carbonyl (C=O) groups excluding carboxylic acids is 2. The Hall–Kier alpha value is -3.06. The number of likely N-dealkylation sites (N-methyl/N-ethyl adjacent to an activating group) is 1. The third-order valence-corrected chi connectivity index (χ3v) is 5.51. The number of rotatable bonds is 9. The van der Waals surface area contributed by atoms with Crippen molar-refractivity contribution in [2.24, 2.45) is 0 Å². The van der Waals surface area contributed by atoms with E-state index >= 15 is 0 Å². The summed E-state index contributed by atoms with van der Waals surface area (Å²) in [4.78, 5) is 28.6. The number of hydrogen-bond donors (Lipinski definition) is 4. The maximum atomic E-state index is 12.9. The lowest BCUT2D eigenvalue weighted by Crippen LogP contribution is -3.12. The van der Waals surface area contributed by atoms with Crippen molar-refractivity contribution in [3.05, 3.63) is 53.1 Å². The minimum absolute atomic E-state index is 0.145. The first-order chi connectivity index (χ1) is 14.7. The molecule has 0 aliphatic heterocycles. The number of nitrogens with zero attached hydrogens (tertiary/aromatic N) is 1. The second-order valence-corrected chi connectivity index (χ2v) is 7.97. The van der Waals surface area contributed by atoms with Crippen molar-refractivity contribution in [1.82, 2.24) is 5.32 Å². The van der Waals surface area contributed by atoms with Crippen molar-refractivity contribution in [2.45, 2.75) is 27.7 Å². The molecule has 0 spiro atoms. The normalized spacial score (nSPS) is 10.7. The maximum Gasteiger partial charge on any atom is 0.323 e. The predicted molar refractivity (Wildman–Crippen MR) is 129 cm³/mol. The molecule has 7 heteroatoms. The Labute approximate surface area is 185 Å². The van der Waals surface area contributed by atoms with Gasteiger partial charge in [-0.2, -0.15) is 0 Å². The molecular weight excluding hydrogens is 390 g/mol. The van der Waals surface area contributed by atoms with Crippen LogP contribution in [-0.4, -0.2) is 52.2 Å². The van der Waals surface area contributed by atoms with E-state index in [-0.39, 0.29) is 11.9 Å². The van der Waals surface area contributed by atoms with Crippen LogP contribution >= 0.6 is 0 Å². The maximum absolute atomic E-state index is 12.9. The minimum Gasteiger partial charge on any atom is -0.377 e. The Morgan fingerprint density at radius 3 is 2.10 bits per heavy atom. The van der Waals surface area contributed by atoms with Crippen molar-refractivity contribution < 1.29 is 14.5 Å². The quantitative estimate of drug-likeness (QED) is 0.498. The van der Waals surface area contributed by atoms with Gasteiger partial charge in [-0.25, -0.2) is 4.79 Å². The van der Waals surface area contributed by atoms with Crippen LogP contribution in [0.4, 0.5) is 21.9 Å². The molecule has 2 aromatic rings. The average Bonchev–Trinajstić information content (AvgIpc) is 2.73. The van der Waals surface area contributed by atoms with E-state index in [0.29, 0.717) is 17.8 Å². The Balaban J connectivity index is 2.09. The lowest BCUT2D eigenvalue weighted by Gasteiger charge is -2.19. The van der Waals surface area contributed by atoms with Crippen LogP contribution in [0.5, 0.6) is 0 Å². The van der Waals surface area contributed by atoms with Gasteiger partial charge in [-0.1, -0.05) is 6.07 Å². The van der Waals surface area contributed by atoms with Crippen LogP contribution in [0.2, 0.25) is 0 Å². The number of amides is 3. The Kier molecular flexibility index (Phi) is 8.88. The summed E-state index contributed by atoms with van der Waals surface area (Å²) in [5.74, 6) is -0.145. The van der Waals surface area contributed by atoms with Gasteiger partial charge in [0.15, 0.2) is 0 Å². The van der Waals surface area contributed by atoms with E-state index in [9.17, 15) is 9.59 Å². The summed E-state index contributed by atoms with van der Waals surface area (Å²) in [7, 11) is 3.79. The highest BCUT2D eigenvalue weighted by Crippen LogP contribution is 2.23. The highest BCUT2D eigenvalue weighted by molar-refractivity contribution is 6.04. The van der Waals surface area contributed by atoms with Crippen LogP contribution in [0.1, 0.15) is 35.3 Å². The molecule has 4 N–H and O–H groups in total. The van der Waals surface area contributed by atoms with Gasteiger partial charge in [0.05, 0.1) is 31.7 Å². The van der Waals surface area contributed by atoms with Crippen LogP contribution in [0.3, 0.4) is 0 Å². The Bertz CT molecular complexity index is 907. The van der Waals surface area contributed by atoms with Crippen LogP contribution in [0, 0.1) is 13.8 Å². The Morgan fingerprint density at radius 1 is 0.903 bits per heavy atom. The summed E-state index contributed by atoms with van der Waals surface area (Å²) < 4.78 is 0. The van der Waals surface area contributed by atoms with Crippen molar-refractivity contribution in [2.75, 3.05) is 55.8 Å². The van der Waals surface area contributed by atoms with Crippen LogP contribution in [0.25, 0.3) is 0 Å². The fraction of sp³-hybridized carbons (Fsp3) is 0.417. The molecule has 0 atom stereocenters. The first-order valence-corrected chi connectivity index (χ1v) is 10.8. The fourth-order valence-electron chi connectivity index (χ4n) is 3.35. The zero-order valence-electron chi connectivity index (χ0n) is 19.6. The topological polar surface area (TPSA) is 77.9 Å². The molecule has 0 bridgehead atoms. The minimum atomic E-state index is -0.350. The number of aryl methyl sites for hydroxylation is 2. The average molecular weight is 427 g/mol. The van der Waals surface area contributed by atoms with Crippen LogP contribution < -0.4 is 25.8 Å². The lowest BCUT2D eigenvalue weighted by atomic mass is 10.1. The second-order valence-electron chi connectivity index (χ2n) is 7.97. The van der Waals surface area contributed by atoms with E-state index in [1.54, 1.807) is 12.1 Å².